The molecule has 1 nitrogen and oxygen atoms in total. The predicted molar refractivity (Wildman–Crippen MR) is 79.8 cm³/mol. The SMILES string of the molecule is CC(=O)C1=CCC=CC1[Si](C)(C)c1ccccc1. The molecule has 0 spiro atoms. The number of allylic oxidation sites excluding steroid dienone is 4. The highest BCUT2D eigenvalue weighted by Gasteiger charge is 2.36. The first-order chi connectivity index (χ1) is 8.53. The van der Waals surface area contributed by atoms with E-state index in [1.807, 2.05) is 6.07 Å². The highest BCUT2D eigenvalue weighted by Crippen LogP contribution is 2.34. The van der Waals surface area contributed by atoms with Gasteiger partial charge >= 0.3 is 0 Å². The summed E-state index contributed by atoms with van der Waals surface area (Å²) >= 11 is 0. The van der Waals surface area contributed by atoms with Crippen LogP contribution in [0, 0.1) is 0 Å². The van der Waals surface area contributed by atoms with Crippen molar-refractivity contribution in [1.82, 2.24) is 0 Å². The monoisotopic (exact) mass is 256 g/mol. The van der Waals surface area contributed by atoms with Gasteiger partial charge in [-0.05, 0) is 18.9 Å². The maximum atomic E-state index is 11.8. The highest BCUT2D eigenvalue weighted by molar-refractivity contribution is 6.92. The maximum Gasteiger partial charge on any atom is 0.155 e. The summed E-state index contributed by atoms with van der Waals surface area (Å²) in [6.07, 6.45) is 7.43. The number of hydrogen-bond acceptors (Lipinski definition) is 1. The summed E-state index contributed by atoms with van der Waals surface area (Å²) < 4.78 is 0. The molecule has 1 aromatic rings. The molecule has 0 saturated carbocycles. The molecule has 2 heteroatoms. The summed E-state index contributed by atoms with van der Waals surface area (Å²) in [5.41, 5.74) is 1.32. The van der Waals surface area contributed by atoms with Crippen LogP contribution in [0.1, 0.15) is 13.3 Å². The van der Waals surface area contributed by atoms with Crippen molar-refractivity contribution in [3.63, 3.8) is 0 Å². The Morgan fingerprint density at radius 1 is 1.22 bits per heavy atom. The maximum absolute atomic E-state index is 11.8. The van der Waals surface area contributed by atoms with Crippen molar-refractivity contribution in [3.05, 3.63) is 54.1 Å². The molecule has 0 N–H and O–H groups in total. The minimum atomic E-state index is -1.68. The van der Waals surface area contributed by atoms with Crippen LogP contribution in [0.5, 0.6) is 0 Å². The van der Waals surface area contributed by atoms with Gasteiger partial charge in [0.25, 0.3) is 0 Å². The number of Topliss-reactive ketones (excluding diaryl/α,β-unsaturated/α-hetero) is 1. The lowest BCUT2D eigenvalue weighted by Gasteiger charge is -2.33. The summed E-state index contributed by atoms with van der Waals surface area (Å²) in [6.45, 7) is 6.38. The molecule has 0 amide bonds. The molecule has 0 radical (unpaired) electrons. The minimum absolute atomic E-state index is 0.223. The van der Waals surface area contributed by atoms with Crippen LogP contribution >= 0.6 is 0 Å². The van der Waals surface area contributed by atoms with Gasteiger partial charge in [-0.1, -0.05) is 66.8 Å². The number of benzene rings is 1. The summed E-state index contributed by atoms with van der Waals surface area (Å²) in [6, 6.07) is 10.6. The number of carbonyl (C=O) groups excluding carboxylic acids is 1. The van der Waals surface area contributed by atoms with Gasteiger partial charge in [0.1, 0.15) is 0 Å². The zero-order chi connectivity index (χ0) is 13.2. The first kappa shape index (κ1) is 13.0. The standard InChI is InChI=1S/C16H20OSi/c1-13(17)15-11-7-8-12-16(15)18(2,3)14-9-5-4-6-10-14/h4-6,8-12,16H,7H2,1-3H3. The molecule has 0 heterocycles. The van der Waals surface area contributed by atoms with Gasteiger partial charge in [0.2, 0.25) is 0 Å². The van der Waals surface area contributed by atoms with E-state index >= 15 is 0 Å². The van der Waals surface area contributed by atoms with Gasteiger partial charge in [-0.2, -0.15) is 0 Å². The van der Waals surface area contributed by atoms with Crippen LogP contribution in [0.15, 0.2) is 54.1 Å². The molecule has 1 aliphatic rings. The van der Waals surface area contributed by atoms with Crippen LogP contribution in [0.2, 0.25) is 18.6 Å². The fraction of sp³-hybridized carbons (Fsp3) is 0.312. The molecule has 94 valence electrons. The summed E-state index contributed by atoms with van der Waals surface area (Å²) in [7, 11) is -1.68. The van der Waals surface area contributed by atoms with E-state index in [4.69, 9.17) is 0 Å². The second kappa shape index (κ2) is 5.07. The van der Waals surface area contributed by atoms with Gasteiger partial charge in [-0.15, -0.1) is 0 Å². The Bertz CT molecular complexity index is 497. The molecule has 1 aliphatic carbocycles. The van der Waals surface area contributed by atoms with Gasteiger partial charge in [0, 0.05) is 5.54 Å². The zero-order valence-corrected chi connectivity index (χ0v) is 12.3. The molecule has 1 aromatic carbocycles. The molecule has 0 aromatic heterocycles. The number of ketones is 1. The zero-order valence-electron chi connectivity index (χ0n) is 11.3. The smallest absolute Gasteiger partial charge is 0.155 e. The highest BCUT2D eigenvalue weighted by atomic mass is 28.3. The van der Waals surface area contributed by atoms with Crippen molar-refractivity contribution in [1.29, 1.82) is 0 Å². The molecule has 0 aliphatic heterocycles. The lowest BCUT2D eigenvalue weighted by molar-refractivity contribution is -0.113. The average Bonchev–Trinajstić information content (AvgIpc) is 2.39. The molecule has 1 unspecified atom stereocenters. The summed E-state index contributed by atoms with van der Waals surface area (Å²) in [5, 5.41) is 1.41. The van der Waals surface area contributed by atoms with E-state index < -0.39 is 8.07 Å². The number of rotatable bonds is 3. The van der Waals surface area contributed by atoms with Crippen molar-refractivity contribution in [2.45, 2.75) is 32.0 Å². The molecule has 0 saturated heterocycles. The molecular weight excluding hydrogens is 236 g/mol. The van der Waals surface area contributed by atoms with Crippen molar-refractivity contribution in [3.8, 4) is 0 Å². The Morgan fingerprint density at radius 3 is 2.50 bits per heavy atom. The van der Waals surface area contributed by atoms with E-state index in [-0.39, 0.29) is 5.78 Å². The van der Waals surface area contributed by atoms with Crippen LogP contribution in [-0.2, 0) is 4.79 Å². The summed E-state index contributed by atoms with van der Waals surface area (Å²) in [5.74, 6) is 0.223. The second-order valence-corrected chi connectivity index (χ2v) is 10.1. The van der Waals surface area contributed by atoms with Crippen LogP contribution in [-0.4, -0.2) is 13.9 Å². The average molecular weight is 256 g/mol. The summed E-state index contributed by atoms with van der Waals surface area (Å²) in [4.78, 5) is 11.8. The Hall–Kier alpha value is -1.41. The lowest BCUT2D eigenvalue weighted by atomic mass is 10.0. The third kappa shape index (κ3) is 2.39. The van der Waals surface area contributed by atoms with Crippen LogP contribution in [0.4, 0.5) is 0 Å². The number of carbonyl (C=O) groups is 1. The van der Waals surface area contributed by atoms with Crippen molar-refractivity contribution >= 4 is 19.0 Å². The van der Waals surface area contributed by atoms with Gasteiger partial charge < -0.3 is 0 Å². The molecule has 2 rings (SSSR count). The van der Waals surface area contributed by atoms with E-state index in [9.17, 15) is 4.79 Å². The molecule has 1 atom stereocenters. The quantitative estimate of drug-likeness (QED) is 0.598. The molecule has 18 heavy (non-hydrogen) atoms. The topological polar surface area (TPSA) is 17.1 Å². The third-order valence-electron chi connectivity index (χ3n) is 3.84. The Morgan fingerprint density at radius 2 is 1.89 bits per heavy atom. The van der Waals surface area contributed by atoms with Crippen LogP contribution < -0.4 is 5.19 Å². The van der Waals surface area contributed by atoms with E-state index in [1.54, 1.807) is 6.92 Å². The Balaban J connectivity index is 2.40. The van der Waals surface area contributed by atoms with Crippen molar-refractivity contribution < 1.29 is 4.79 Å². The van der Waals surface area contributed by atoms with Crippen molar-refractivity contribution in [2.24, 2.45) is 0 Å². The fourth-order valence-corrected chi connectivity index (χ4v) is 5.81. The third-order valence-corrected chi connectivity index (χ3v) is 7.72. The van der Waals surface area contributed by atoms with Gasteiger partial charge in [0.05, 0.1) is 8.07 Å². The predicted octanol–water partition coefficient (Wildman–Crippen LogP) is 3.45. The van der Waals surface area contributed by atoms with Gasteiger partial charge in [-0.3, -0.25) is 4.79 Å². The largest absolute Gasteiger partial charge is 0.295 e. The van der Waals surface area contributed by atoms with Crippen LogP contribution in [0.3, 0.4) is 0 Å². The van der Waals surface area contributed by atoms with Crippen molar-refractivity contribution in [2.75, 3.05) is 0 Å². The molecule has 0 bridgehead atoms. The molecule has 0 fully saturated rings. The van der Waals surface area contributed by atoms with E-state index in [0.29, 0.717) is 5.54 Å². The van der Waals surface area contributed by atoms with Crippen LogP contribution in [0.25, 0.3) is 0 Å². The second-order valence-electron chi connectivity index (χ2n) is 5.44. The Labute approximate surface area is 110 Å². The first-order valence-electron chi connectivity index (χ1n) is 6.46. The van der Waals surface area contributed by atoms with Gasteiger partial charge in [0.15, 0.2) is 5.78 Å². The van der Waals surface area contributed by atoms with Gasteiger partial charge in [-0.25, -0.2) is 0 Å². The molecular formula is C16H20OSi. The normalized spacial score (nSPS) is 19.5. The minimum Gasteiger partial charge on any atom is -0.295 e. The van der Waals surface area contributed by atoms with E-state index in [1.165, 1.54) is 5.19 Å². The fourth-order valence-electron chi connectivity index (χ4n) is 2.68. The lowest BCUT2D eigenvalue weighted by Crippen LogP contribution is -2.47. The van der Waals surface area contributed by atoms with E-state index in [0.717, 1.165) is 12.0 Å². The number of hydrogen-bond donors (Lipinski definition) is 0. The first-order valence-corrected chi connectivity index (χ1v) is 9.54. The van der Waals surface area contributed by atoms with E-state index in [2.05, 4.69) is 55.6 Å². The Kier molecular flexibility index (Phi) is 3.67.